The number of nitrogens with one attached hydrogen (secondary N) is 2. The van der Waals surface area contributed by atoms with Crippen LogP contribution in [0.1, 0.15) is 12.8 Å². The lowest BCUT2D eigenvalue weighted by atomic mass is 10.1. The van der Waals surface area contributed by atoms with E-state index in [4.69, 9.17) is 21.6 Å². The monoisotopic (exact) mass is 212 g/mol. The lowest BCUT2D eigenvalue weighted by Crippen LogP contribution is -2.35. The van der Waals surface area contributed by atoms with E-state index < -0.39 is 5.91 Å². The molecule has 15 heavy (non-hydrogen) atoms. The van der Waals surface area contributed by atoms with Gasteiger partial charge in [-0.2, -0.15) is 0 Å². The molecule has 1 fully saturated rings. The highest BCUT2D eigenvalue weighted by molar-refractivity contribution is 6.18. The van der Waals surface area contributed by atoms with Crippen LogP contribution in [0.2, 0.25) is 0 Å². The zero-order valence-electron chi connectivity index (χ0n) is 8.45. The summed E-state index contributed by atoms with van der Waals surface area (Å²) in [5.74, 6) is -1.03. The van der Waals surface area contributed by atoms with Gasteiger partial charge < -0.3 is 21.5 Å². The van der Waals surface area contributed by atoms with E-state index >= 15 is 0 Å². The molecule has 1 heterocycles. The van der Waals surface area contributed by atoms with Crippen LogP contribution in [0.3, 0.4) is 0 Å². The maximum Gasteiger partial charge on any atom is 0.253 e. The number of amidine groups is 1. The third kappa shape index (κ3) is 3.59. The van der Waals surface area contributed by atoms with Crippen LogP contribution < -0.4 is 16.8 Å². The highest BCUT2D eigenvalue weighted by Gasteiger charge is 2.13. The van der Waals surface area contributed by atoms with Gasteiger partial charge in [-0.25, -0.2) is 0 Å². The van der Waals surface area contributed by atoms with E-state index in [1.807, 2.05) is 0 Å². The third-order valence-electron chi connectivity index (χ3n) is 2.18. The van der Waals surface area contributed by atoms with Crippen LogP contribution in [-0.2, 0) is 9.53 Å². The van der Waals surface area contributed by atoms with Crippen molar-refractivity contribution in [2.75, 3.05) is 13.2 Å². The minimum atomic E-state index is -0.702. The minimum absolute atomic E-state index is 0.000531. The fraction of sp³-hybridized carbons (Fsp3) is 0.556. The summed E-state index contributed by atoms with van der Waals surface area (Å²) in [5.41, 5.74) is 10.3. The van der Waals surface area contributed by atoms with Crippen molar-refractivity contribution in [3.8, 4) is 0 Å². The number of amides is 1. The second kappa shape index (κ2) is 5.35. The first-order valence-corrected chi connectivity index (χ1v) is 4.79. The smallest absolute Gasteiger partial charge is 0.253 e. The lowest BCUT2D eigenvalue weighted by Gasteiger charge is -2.22. The van der Waals surface area contributed by atoms with Gasteiger partial charge in [-0.3, -0.25) is 10.2 Å². The van der Waals surface area contributed by atoms with Crippen molar-refractivity contribution in [2.45, 2.75) is 18.9 Å². The zero-order chi connectivity index (χ0) is 11.3. The van der Waals surface area contributed by atoms with Gasteiger partial charge in [0, 0.05) is 18.8 Å². The van der Waals surface area contributed by atoms with Crippen molar-refractivity contribution < 1.29 is 9.53 Å². The van der Waals surface area contributed by atoms with Gasteiger partial charge in [-0.1, -0.05) is 0 Å². The number of carbonyl (C=O) groups is 1. The molecule has 1 amide bonds. The molecule has 1 unspecified atom stereocenters. The van der Waals surface area contributed by atoms with Crippen molar-refractivity contribution in [2.24, 2.45) is 11.5 Å². The molecular formula is C9H16N4O2. The Kier molecular flexibility index (Phi) is 4.11. The van der Waals surface area contributed by atoms with Crippen LogP contribution in [0.15, 0.2) is 11.8 Å². The Morgan fingerprint density at radius 1 is 1.53 bits per heavy atom. The molecule has 1 rings (SSSR count). The number of ether oxygens (including phenoxy) is 1. The van der Waals surface area contributed by atoms with Gasteiger partial charge in [0.1, 0.15) is 5.84 Å². The first-order valence-electron chi connectivity index (χ1n) is 4.79. The van der Waals surface area contributed by atoms with E-state index in [9.17, 15) is 4.79 Å². The maximum absolute atomic E-state index is 10.9. The first kappa shape index (κ1) is 11.5. The van der Waals surface area contributed by atoms with Crippen LogP contribution in [0.5, 0.6) is 0 Å². The van der Waals surface area contributed by atoms with Crippen molar-refractivity contribution >= 4 is 11.7 Å². The molecule has 0 radical (unpaired) electrons. The van der Waals surface area contributed by atoms with E-state index in [0.717, 1.165) is 19.4 Å². The number of nitrogens with two attached hydrogens (primary N) is 2. The van der Waals surface area contributed by atoms with Crippen LogP contribution in [0, 0.1) is 5.41 Å². The molecule has 1 saturated heterocycles. The molecule has 1 atom stereocenters. The Morgan fingerprint density at radius 3 is 2.73 bits per heavy atom. The third-order valence-corrected chi connectivity index (χ3v) is 2.18. The predicted molar refractivity (Wildman–Crippen MR) is 56.2 cm³/mol. The number of primary amides is 1. The van der Waals surface area contributed by atoms with Gasteiger partial charge in [-0.15, -0.1) is 0 Å². The molecule has 1 aliphatic heterocycles. The first-order chi connectivity index (χ1) is 7.11. The van der Waals surface area contributed by atoms with Gasteiger partial charge in [0.05, 0.1) is 12.2 Å². The Morgan fingerprint density at radius 2 is 2.27 bits per heavy atom. The van der Waals surface area contributed by atoms with E-state index in [2.05, 4.69) is 5.32 Å². The van der Waals surface area contributed by atoms with Crippen molar-refractivity contribution in [3.05, 3.63) is 11.8 Å². The number of carbonyl (C=O) groups excluding carboxylic acids is 1. The van der Waals surface area contributed by atoms with Gasteiger partial charge in [0.2, 0.25) is 0 Å². The van der Waals surface area contributed by atoms with Crippen molar-refractivity contribution in [1.29, 1.82) is 5.41 Å². The SMILES string of the molecule is N=C(N)/C(=C\NC1CCCOC1)C(N)=O. The van der Waals surface area contributed by atoms with Crippen LogP contribution in [0.25, 0.3) is 0 Å². The average Bonchev–Trinajstić information content (AvgIpc) is 2.18. The summed E-state index contributed by atoms with van der Waals surface area (Å²) in [6.45, 7) is 1.37. The second-order valence-electron chi connectivity index (χ2n) is 3.42. The van der Waals surface area contributed by atoms with Crippen molar-refractivity contribution in [3.63, 3.8) is 0 Å². The Bertz CT molecular complexity index is 266. The molecule has 6 nitrogen and oxygen atoms in total. The summed E-state index contributed by atoms with van der Waals surface area (Å²) in [6.07, 6.45) is 3.35. The molecule has 0 aliphatic carbocycles. The molecule has 1 aliphatic rings. The molecule has 0 spiro atoms. The highest BCUT2D eigenvalue weighted by atomic mass is 16.5. The van der Waals surface area contributed by atoms with Crippen LogP contribution in [-0.4, -0.2) is 31.0 Å². The number of hydrogen-bond donors (Lipinski definition) is 4. The highest BCUT2D eigenvalue weighted by Crippen LogP contribution is 2.05. The van der Waals surface area contributed by atoms with Gasteiger partial charge >= 0.3 is 0 Å². The fourth-order valence-corrected chi connectivity index (χ4v) is 1.35. The van der Waals surface area contributed by atoms with Gasteiger partial charge in [-0.05, 0) is 12.8 Å². The standard InChI is InChI=1S/C9H16N4O2/c10-8(11)7(9(12)14)4-13-6-2-1-3-15-5-6/h4,6,13H,1-3,5H2,(H3,10,11)(H2,12,14)/b7-4+. The van der Waals surface area contributed by atoms with E-state index in [-0.39, 0.29) is 17.5 Å². The summed E-state index contributed by atoms with van der Waals surface area (Å²) in [6, 6.07) is 0.160. The quantitative estimate of drug-likeness (QED) is 0.273. The summed E-state index contributed by atoms with van der Waals surface area (Å²) < 4.78 is 5.24. The summed E-state index contributed by atoms with van der Waals surface area (Å²) in [7, 11) is 0. The van der Waals surface area contributed by atoms with Gasteiger partial charge in [0.15, 0.2) is 0 Å². The average molecular weight is 212 g/mol. The van der Waals surface area contributed by atoms with E-state index in [1.54, 1.807) is 0 Å². The Balaban J connectivity index is 2.52. The molecule has 6 heteroatoms. The fourth-order valence-electron chi connectivity index (χ4n) is 1.35. The number of rotatable bonds is 4. The maximum atomic E-state index is 10.9. The Labute approximate surface area is 88.2 Å². The summed E-state index contributed by atoms with van der Waals surface area (Å²) in [5, 5.41) is 10.1. The summed E-state index contributed by atoms with van der Waals surface area (Å²) in [4.78, 5) is 10.9. The van der Waals surface area contributed by atoms with Crippen LogP contribution in [0.4, 0.5) is 0 Å². The second-order valence-corrected chi connectivity index (χ2v) is 3.42. The lowest BCUT2D eigenvalue weighted by molar-refractivity contribution is -0.114. The molecule has 0 aromatic heterocycles. The molecule has 0 bridgehead atoms. The molecule has 84 valence electrons. The predicted octanol–water partition coefficient (Wildman–Crippen LogP) is -0.940. The topological polar surface area (TPSA) is 114 Å². The summed E-state index contributed by atoms with van der Waals surface area (Å²) >= 11 is 0. The number of hydrogen-bond acceptors (Lipinski definition) is 4. The molecule has 6 N–H and O–H groups in total. The molecule has 0 aromatic rings. The van der Waals surface area contributed by atoms with Crippen molar-refractivity contribution in [1.82, 2.24) is 5.32 Å². The zero-order valence-corrected chi connectivity index (χ0v) is 8.45. The molecule has 0 saturated carbocycles. The van der Waals surface area contributed by atoms with E-state index in [0.29, 0.717) is 6.61 Å². The molecule has 0 aromatic carbocycles. The van der Waals surface area contributed by atoms with Gasteiger partial charge in [0.25, 0.3) is 5.91 Å². The largest absolute Gasteiger partial charge is 0.385 e. The minimum Gasteiger partial charge on any atom is -0.385 e. The normalized spacial score (nSPS) is 22.1. The van der Waals surface area contributed by atoms with Crippen LogP contribution >= 0.6 is 0 Å². The molecular weight excluding hydrogens is 196 g/mol. The Hall–Kier alpha value is -1.56. The van der Waals surface area contributed by atoms with E-state index in [1.165, 1.54) is 6.20 Å².